The number of aliphatic carboxylic acids is 1. The van der Waals surface area contributed by atoms with E-state index in [0.717, 1.165) is 26.2 Å². The highest BCUT2D eigenvalue weighted by Crippen LogP contribution is 2.17. The van der Waals surface area contributed by atoms with Crippen molar-refractivity contribution in [3.8, 4) is 5.75 Å². The molecule has 0 radical (unpaired) electrons. The minimum Gasteiger partial charge on any atom is -0.482 e. The van der Waals surface area contributed by atoms with Crippen molar-refractivity contribution in [1.82, 2.24) is 10.2 Å². The summed E-state index contributed by atoms with van der Waals surface area (Å²) in [5.74, 6) is -0.715. The van der Waals surface area contributed by atoms with Crippen molar-refractivity contribution < 1.29 is 19.4 Å². The van der Waals surface area contributed by atoms with Gasteiger partial charge in [0, 0.05) is 37.9 Å². The van der Waals surface area contributed by atoms with Gasteiger partial charge in [-0.3, -0.25) is 9.69 Å². The Labute approximate surface area is 122 Å². The molecule has 1 aromatic carbocycles. The second-order valence-electron chi connectivity index (χ2n) is 4.78. The minimum absolute atomic E-state index is 0.0905. The fourth-order valence-corrected chi connectivity index (χ4v) is 2.08. The van der Waals surface area contributed by atoms with E-state index in [1.54, 1.807) is 24.3 Å². The lowest BCUT2D eigenvalue weighted by atomic mass is 10.3. The number of ether oxygens (including phenoxy) is 1. The van der Waals surface area contributed by atoms with E-state index in [9.17, 15) is 9.59 Å². The molecule has 1 aliphatic heterocycles. The van der Waals surface area contributed by atoms with Crippen LogP contribution in [0.5, 0.6) is 5.75 Å². The van der Waals surface area contributed by atoms with Crippen LogP contribution in [0.1, 0.15) is 0 Å². The van der Waals surface area contributed by atoms with Crippen LogP contribution in [0.4, 0.5) is 5.69 Å². The van der Waals surface area contributed by atoms with Crippen molar-refractivity contribution in [2.45, 2.75) is 0 Å². The third-order valence-electron chi connectivity index (χ3n) is 3.06. The molecule has 2 rings (SSSR count). The number of piperazine rings is 1. The smallest absolute Gasteiger partial charge is 0.341 e. The number of carboxylic acids is 1. The summed E-state index contributed by atoms with van der Waals surface area (Å²) in [5, 5.41) is 14.6. The number of hydrogen-bond donors (Lipinski definition) is 3. The SMILES string of the molecule is O=C(O)COc1cccc(NC(=O)CN2CCNCC2)c1. The van der Waals surface area contributed by atoms with Crippen molar-refractivity contribution in [2.24, 2.45) is 0 Å². The zero-order chi connectivity index (χ0) is 15.1. The second kappa shape index (κ2) is 7.61. The predicted octanol–water partition coefficient (Wildman–Crippen LogP) is -0.00630. The number of carbonyl (C=O) groups is 2. The van der Waals surface area contributed by atoms with E-state index in [2.05, 4.69) is 15.5 Å². The number of benzene rings is 1. The number of carbonyl (C=O) groups excluding carboxylic acids is 1. The van der Waals surface area contributed by atoms with Crippen LogP contribution in [0.15, 0.2) is 24.3 Å². The summed E-state index contributed by atoms with van der Waals surface area (Å²) in [6.45, 7) is 3.45. The normalized spacial score (nSPS) is 15.4. The van der Waals surface area contributed by atoms with E-state index in [-0.39, 0.29) is 5.91 Å². The quantitative estimate of drug-likeness (QED) is 0.683. The summed E-state index contributed by atoms with van der Waals surface area (Å²) in [5.41, 5.74) is 0.595. The fraction of sp³-hybridized carbons (Fsp3) is 0.429. The van der Waals surface area contributed by atoms with E-state index in [1.165, 1.54) is 0 Å². The number of rotatable bonds is 6. The Morgan fingerprint density at radius 1 is 1.33 bits per heavy atom. The van der Waals surface area contributed by atoms with Gasteiger partial charge in [-0.05, 0) is 12.1 Å². The van der Waals surface area contributed by atoms with Gasteiger partial charge in [0.05, 0.1) is 6.54 Å². The number of nitrogens with one attached hydrogen (secondary N) is 2. The Hall–Kier alpha value is -2.12. The first-order chi connectivity index (χ1) is 10.1. The predicted molar refractivity (Wildman–Crippen MR) is 77.5 cm³/mol. The van der Waals surface area contributed by atoms with Gasteiger partial charge in [-0.1, -0.05) is 6.07 Å². The molecule has 21 heavy (non-hydrogen) atoms. The third-order valence-corrected chi connectivity index (χ3v) is 3.06. The van der Waals surface area contributed by atoms with E-state index < -0.39 is 12.6 Å². The summed E-state index contributed by atoms with van der Waals surface area (Å²) >= 11 is 0. The number of amides is 1. The van der Waals surface area contributed by atoms with E-state index >= 15 is 0 Å². The molecule has 0 spiro atoms. The summed E-state index contributed by atoms with van der Waals surface area (Å²) in [6, 6.07) is 6.70. The van der Waals surface area contributed by atoms with Gasteiger partial charge in [0.15, 0.2) is 6.61 Å². The molecule has 1 aromatic rings. The average molecular weight is 293 g/mol. The van der Waals surface area contributed by atoms with Crippen molar-refractivity contribution >= 4 is 17.6 Å². The lowest BCUT2D eigenvalue weighted by Crippen LogP contribution is -2.46. The molecule has 0 bridgehead atoms. The Morgan fingerprint density at radius 2 is 2.10 bits per heavy atom. The minimum atomic E-state index is -1.04. The van der Waals surface area contributed by atoms with Gasteiger partial charge in [-0.25, -0.2) is 4.79 Å². The topological polar surface area (TPSA) is 90.9 Å². The Balaban J connectivity index is 1.85. The second-order valence-corrected chi connectivity index (χ2v) is 4.78. The Bertz CT molecular complexity index is 501. The van der Waals surface area contributed by atoms with Gasteiger partial charge < -0.3 is 20.5 Å². The maximum Gasteiger partial charge on any atom is 0.341 e. The molecule has 3 N–H and O–H groups in total. The number of anilines is 1. The van der Waals surface area contributed by atoms with Crippen molar-refractivity contribution in [3.05, 3.63) is 24.3 Å². The van der Waals surface area contributed by atoms with Crippen LogP contribution < -0.4 is 15.4 Å². The van der Waals surface area contributed by atoms with Crippen molar-refractivity contribution in [1.29, 1.82) is 0 Å². The summed E-state index contributed by atoms with van der Waals surface area (Å²) in [6.07, 6.45) is 0. The molecule has 7 nitrogen and oxygen atoms in total. The standard InChI is InChI=1S/C14H19N3O4/c18-13(9-17-6-4-15-5-7-17)16-11-2-1-3-12(8-11)21-10-14(19)20/h1-3,8,15H,4-7,9-10H2,(H,16,18)(H,19,20). The summed E-state index contributed by atoms with van der Waals surface area (Å²) in [4.78, 5) is 24.5. The molecule has 0 unspecified atom stereocenters. The van der Waals surface area contributed by atoms with Crippen LogP contribution in [0, 0.1) is 0 Å². The van der Waals surface area contributed by atoms with E-state index in [4.69, 9.17) is 9.84 Å². The van der Waals surface area contributed by atoms with E-state index in [0.29, 0.717) is 18.0 Å². The van der Waals surface area contributed by atoms with Gasteiger partial charge in [0.1, 0.15) is 5.75 Å². The fourth-order valence-electron chi connectivity index (χ4n) is 2.08. The largest absolute Gasteiger partial charge is 0.482 e. The van der Waals surface area contributed by atoms with Crippen molar-refractivity contribution in [2.75, 3.05) is 44.6 Å². The third kappa shape index (κ3) is 5.41. The molecule has 1 heterocycles. The first-order valence-electron chi connectivity index (χ1n) is 6.81. The zero-order valence-electron chi connectivity index (χ0n) is 11.7. The summed E-state index contributed by atoms with van der Waals surface area (Å²) in [7, 11) is 0. The molecule has 0 aliphatic carbocycles. The summed E-state index contributed by atoms with van der Waals surface area (Å²) < 4.78 is 5.07. The van der Waals surface area contributed by atoms with Crippen LogP contribution in [0.3, 0.4) is 0 Å². The highest BCUT2D eigenvalue weighted by atomic mass is 16.5. The van der Waals surface area contributed by atoms with Gasteiger partial charge in [0.2, 0.25) is 5.91 Å². The van der Waals surface area contributed by atoms with Gasteiger partial charge in [-0.2, -0.15) is 0 Å². The Kier molecular flexibility index (Phi) is 5.53. The number of hydrogen-bond acceptors (Lipinski definition) is 5. The molecule has 1 amide bonds. The number of nitrogens with zero attached hydrogens (tertiary/aromatic N) is 1. The van der Waals surface area contributed by atoms with Crippen molar-refractivity contribution in [3.63, 3.8) is 0 Å². The molecule has 1 saturated heterocycles. The first-order valence-corrected chi connectivity index (χ1v) is 6.81. The number of carboxylic acid groups (broad SMARTS) is 1. The molecule has 1 aliphatic rings. The monoisotopic (exact) mass is 293 g/mol. The maximum absolute atomic E-state index is 11.9. The van der Waals surface area contributed by atoms with Gasteiger partial charge >= 0.3 is 5.97 Å². The Morgan fingerprint density at radius 3 is 2.81 bits per heavy atom. The molecule has 7 heteroatoms. The molecular formula is C14H19N3O4. The lowest BCUT2D eigenvalue weighted by molar-refractivity contribution is -0.139. The van der Waals surface area contributed by atoms with Crippen LogP contribution in [0.2, 0.25) is 0 Å². The molecule has 0 aromatic heterocycles. The molecule has 1 fully saturated rings. The lowest BCUT2D eigenvalue weighted by Gasteiger charge is -2.26. The van der Waals surface area contributed by atoms with Gasteiger partial charge in [0.25, 0.3) is 0 Å². The highest BCUT2D eigenvalue weighted by Gasteiger charge is 2.13. The van der Waals surface area contributed by atoms with E-state index in [1.807, 2.05) is 0 Å². The highest BCUT2D eigenvalue weighted by molar-refractivity contribution is 5.92. The van der Waals surface area contributed by atoms with Gasteiger partial charge in [-0.15, -0.1) is 0 Å². The molecule has 0 atom stereocenters. The average Bonchev–Trinajstić information content (AvgIpc) is 2.46. The van der Waals surface area contributed by atoms with Crippen LogP contribution in [-0.4, -0.2) is 61.2 Å². The first kappa shape index (κ1) is 15.3. The molecular weight excluding hydrogens is 274 g/mol. The molecule has 114 valence electrons. The van der Waals surface area contributed by atoms with Crippen LogP contribution >= 0.6 is 0 Å². The maximum atomic E-state index is 11.9. The molecule has 0 saturated carbocycles. The van der Waals surface area contributed by atoms with Crippen LogP contribution in [0.25, 0.3) is 0 Å². The zero-order valence-corrected chi connectivity index (χ0v) is 11.7. The van der Waals surface area contributed by atoms with Crippen LogP contribution in [-0.2, 0) is 9.59 Å².